The standard InChI is InChI=1S/C26H33F3O4S/c1-6-15(3)33-26(22(32)34-13-27)14(2)9-17-18-11-20(28)19-10-16(30)7-8-23(19,4)25(18,29)21(31)12-24(17,26)5/h7-8,10,14,17-18,20-21,31H,3,6,9,11-13H2,1-2,4-5H3/t14-,17+,18+,20+,21+,23+,24+,25+,26+/m1/s1. The van der Waals surface area contributed by atoms with Crippen LogP contribution in [-0.2, 0) is 14.3 Å². The molecule has 9 atom stereocenters. The fraction of sp³-hybridized carbons (Fsp3) is 0.692. The number of hydrogen-bond acceptors (Lipinski definition) is 5. The van der Waals surface area contributed by atoms with Gasteiger partial charge in [0.2, 0.25) is 5.12 Å². The first-order valence-electron chi connectivity index (χ1n) is 11.9. The third-order valence-corrected chi connectivity index (χ3v) is 10.0. The molecule has 4 nitrogen and oxygen atoms in total. The number of rotatable bonds is 5. The summed E-state index contributed by atoms with van der Waals surface area (Å²) in [6.45, 7) is 10.9. The van der Waals surface area contributed by atoms with Crippen molar-refractivity contribution in [3.63, 3.8) is 0 Å². The maximum Gasteiger partial charge on any atom is 0.235 e. The number of aliphatic hydroxyl groups is 1. The van der Waals surface area contributed by atoms with Crippen LogP contribution < -0.4 is 0 Å². The first-order valence-corrected chi connectivity index (χ1v) is 12.9. The van der Waals surface area contributed by atoms with E-state index in [0.29, 0.717) is 30.4 Å². The highest BCUT2D eigenvalue weighted by molar-refractivity contribution is 8.13. The van der Waals surface area contributed by atoms with E-state index in [1.54, 1.807) is 6.92 Å². The molecular formula is C26H33F3O4S. The van der Waals surface area contributed by atoms with Crippen LogP contribution in [0.25, 0.3) is 0 Å². The van der Waals surface area contributed by atoms with Gasteiger partial charge >= 0.3 is 0 Å². The Labute approximate surface area is 203 Å². The predicted molar refractivity (Wildman–Crippen MR) is 125 cm³/mol. The highest BCUT2D eigenvalue weighted by atomic mass is 32.2. The van der Waals surface area contributed by atoms with Gasteiger partial charge in [0.1, 0.15) is 12.2 Å². The van der Waals surface area contributed by atoms with E-state index < -0.39 is 69.0 Å². The number of halogens is 3. The van der Waals surface area contributed by atoms with Crippen molar-refractivity contribution in [2.45, 2.75) is 76.9 Å². The average Bonchev–Trinajstić information content (AvgIpc) is 2.99. The van der Waals surface area contributed by atoms with Crippen molar-refractivity contribution in [1.82, 2.24) is 0 Å². The number of thioether (sulfide) groups is 1. The van der Waals surface area contributed by atoms with Gasteiger partial charge in [-0.25, -0.2) is 13.2 Å². The van der Waals surface area contributed by atoms with E-state index in [1.165, 1.54) is 19.1 Å². The number of ether oxygens (including phenoxy) is 1. The fourth-order valence-corrected chi connectivity index (χ4v) is 8.46. The number of fused-ring (bicyclic) bond motifs is 5. The lowest BCUT2D eigenvalue weighted by Gasteiger charge is -2.63. The number of carbonyl (C=O) groups is 2. The van der Waals surface area contributed by atoms with Crippen LogP contribution in [0.15, 0.2) is 36.1 Å². The molecule has 3 saturated carbocycles. The topological polar surface area (TPSA) is 63.6 Å². The summed E-state index contributed by atoms with van der Waals surface area (Å²) in [6.07, 6.45) is 1.13. The monoisotopic (exact) mass is 498 g/mol. The molecule has 3 fully saturated rings. The van der Waals surface area contributed by atoms with E-state index in [0.717, 1.165) is 6.08 Å². The first kappa shape index (κ1) is 25.5. The van der Waals surface area contributed by atoms with Gasteiger partial charge in [0, 0.05) is 29.1 Å². The van der Waals surface area contributed by atoms with Crippen LogP contribution in [0.1, 0.15) is 53.4 Å². The molecule has 0 radical (unpaired) electrons. The van der Waals surface area contributed by atoms with Crippen molar-refractivity contribution in [3.05, 3.63) is 36.1 Å². The second-order valence-corrected chi connectivity index (χ2v) is 11.6. The quantitative estimate of drug-likeness (QED) is 0.513. The van der Waals surface area contributed by atoms with Gasteiger partial charge in [0.15, 0.2) is 17.1 Å². The van der Waals surface area contributed by atoms with E-state index >= 15 is 8.78 Å². The van der Waals surface area contributed by atoms with Gasteiger partial charge in [-0.1, -0.05) is 33.4 Å². The van der Waals surface area contributed by atoms with Crippen molar-refractivity contribution in [3.8, 4) is 0 Å². The molecule has 34 heavy (non-hydrogen) atoms. The molecule has 188 valence electrons. The number of ketones is 1. The van der Waals surface area contributed by atoms with Gasteiger partial charge in [0.05, 0.1) is 11.9 Å². The molecule has 8 heteroatoms. The summed E-state index contributed by atoms with van der Waals surface area (Å²) >= 11 is 0.507. The second-order valence-electron chi connectivity index (χ2n) is 10.8. The van der Waals surface area contributed by atoms with E-state index in [1.807, 2.05) is 13.8 Å². The third kappa shape index (κ3) is 3.03. The summed E-state index contributed by atoms with van der Waals surface area (Å²) in [6, 6.07) is -0.938. The summed E-state index contributed by atoms with van der Waals surface area (Å²) < 4.78 is 52.4. The number of hydrogen-bond donors (Lipinski definition) is 1. The lowest BCUT2D eigenvalue weighted by molar-refractivity contribution is -0.223. The fourth-order valence-electron chi connectivity index (χ4n) is 7.67. The molecule has 0 bridgehead atoms. The van der Waals surface area contributed by atoms with Crippen LogP contribution in [0, 0.1) is 28.6 Å². The Bertz CT molecular complexity index is 981. The first-order chi connectivity index (χ1) is 15.8. The molecule has 0 aromatic heterocycles. The molecule has 0 heterocycles. The van der Waals surface area contributed by atoms with Crippen LogP contribution in [-0.4, -0.2) is 45.6 Å². The van der Waals surface area contributed by atoms with Crippen molar-refractivity contribution < 1.29 is 32.6 Å². The maximum atomic E-state index is 17.3. The van der Waals surface area contributed by atoms with Crippen LogP contribution in [0.5, 0.6) is 0 Å². The Kier molecular flexibility index (Phi) is 6.20. The summed E-state index contributed by atoms with van der Waals surface area (Å²) in [5.74, 6) is -1.92. The molecule has 4 aliphatic carbocycles. The van der Waals surface area contributed by atoms with Crippen LogP contribution in [0.2, 0.25) is 0 Å². The highest BCUT2D eigenvalue weighted by Gasteiger charge is 2.78. The van der Waals surface area contributed by atoms with E-state index in [4.69, 9.17) is 4.74 Å². The van der Waals surface area contributed by atoms with Crippen LogP contribution in [0.4, 0.5) is 13.2 Å². The molecule has 0 aromatic carbocycles. The zero-order chi connectivity index (χ0) is 25.3. The van der Waals surface area contributed by atoms with Crippen LogP contribution in [0.3, 0.4) is 0 Å². The lowest BCUT2D eigenvalue weighted by atomic mass is 9.44. The zero-order valence-electron chi connectivity index (χ0n) is 20.1. The van der Waals surface area contributed by atoms with Gasteiger partial charge in [0.25, 0.3) is 0 Å². The SMILES string of the molecule is C=C(CC)O[C@]1(C(=O)SCF)[C@H](C)C[C@H]2[C@@H]3C[C@H](F)C4=CC(=O)C=C[C@]4(C)[C@@]3(F)[C@@H](O)C[C@@]21C. The Morgan fingerprint density at radius 2 is 2.00 bits per heavy atom. The van der Waals surface area contributed by atoms with Crippen molar-refractivity contribution >= 4 is 22.7 Å². The minimum Gasteiger partial charge on any atom is -0.483 e. The number of alkyl halides is 3. The Hall–Kier alpha value is -1.54. The number of aliphatic hydroxyl groups excluding tert-OH is 1. The molecule has 4 rings (SSSR count). The average molecular weight is 499 g/mol. The smallest absolute Gasteiger partial charge is 0.235 e. The molecular weight excluding hydrogens is 465 g/mol. The Balaban J connectivity index is 1.87. The number of allylic oxidation sites excluding steroid dienone is 5. The molecule has 0 amide bonds. The molecule has 0 unspecified atom stereocenters. The molecule has 4 aliphatic rings. The van der Waals surface area contributed by atoms with Gasteiger partial charge in [-0.15, -0.1) is 0 Å². The van der Waals surface area contributed by atoms with Crippen molar-refractivity contribution in [2.75, 3.05) is 6.01 Å². The highest BCUT2D eigenvalue weighted by Crippen LogP contribution is 2.72. The van der Waals surface area contributed by atoms with Crippen molar-refractivity contribution in [1.29, 1.82) is 0 Å². The maximum absolute atomic E-state index is 17.3. The van der Waals surface area contributed by atoms with Crippen molar-refractivity contribution in [2.24, 2.45) is 28.6 Å². The summed E-state index contributed by atoms with van der Waals surface area (Å²) in [5.41, 5.74) is -6.28. The van der Waals surface area contributed by atoms with Gasteiger partial charge in [-0.3, -0.25) is 9.59 Å². The predicted octanol–water partition coefficient (Wildman–Crippen LogP) is 5.42. The third-order valence-electron chi connectivity index (χ3n) is 9.36. The Morgan fingerprint density at radius 3 is 2.62 bits per heavy atom. The van der Waals surface area contributed by atoms with E-state index in [-0.39, 0.29) is 18.4 Å². The van der Waals surface area contributed by atoms with Gasteiger partial charge < -0.3 is 9.84 Å². The second kappa shape index (κ2) is 8.26. The van der Waals surface area contributed by atoms with E-state index in [2.05, 4.69) is 6.58 Å². The summed E-state index contributed by atoms with van der Waals surface area (Å²) in [7, 11) is 0. The van der Waals surface area contributed by atoms with Gasteiger partial charge in [-0.05, 0) is 61.6 Å². The van der Waals surface area contributed by atoms with E-state index in [9.17, 15) is 19.1 Å². The minimum absolute atomic E-state index is 0.0541. The molecule has 0 aromatic rings. The molecule has 1 N–H and O–H groups in total. The summed E-state index contributed by atoms with van der Waals surface area (Å²) in [5, 5.41) is 10.9. The minimum atomic E-state index is -2.24. The lowest BCUT2D eigenvalue weighted by Crippen LogP contribution is -2.70. The molecule has 0 saturated heterocycles. The molecule has 0 spiro atoms. The normalized spacial score (nSPS) is 47.4. The number of carbonyl (C=O) groups excluding carboxylic acids is 2. The van der Waals surface area contributed by atoms with Crippen LogP contribution >= 0.6 is 11.8 Å². The largest absolute Gasteiger partial charge is 0.483 e. The summed E-state index contributed by atoms with van der Waals surface area (Å²) in [4.78, 5) is 25.4. The molecule has 0 aliphatic heterocycles. The Morgan fingerprint density at radius 1 is 1.32 bits per heavy atom. The zero-order valence-corrected chi connectivity index (χ0v) is 20.9. The van der Waals surface area contributed by atoms with Gasteiger partial charge in [-0.2, -0.15) is 0 Å².